The van der Waals surface area contributed by atoms with Crippen LogP contribution < -0.4 is 5.32 Å². The predicted octanol–water partition coefficient (Wildman–Crippen LogP) is 2.75. The molecule has 5 nitrogen and oxygen atoms in total. The molecule has 1 aromatic carbocycles. The fourth-order valence-corrected chi connectivity index (χ4v) is 2.09. The number of nitriles is 1. The third kappa shape index (κ3) is 2.90. The Hall–Kier alpha value is -3.13. The first-order valence-electron chi connectivity index (χ1n) is 6.55. The van der Waals surface area contributed by atoms with Crippen molar-refractivity contribution in [1.29, 1.82) is 5.26 Å². The molecule has 0 aliphatic rings. The van der Waals surface area contributed by atoms with Crippen molar-refractivity contribution in [3.05, 3.63) is 72.3 Å². The van der Waals surface area contributed by atoms with Crippen molar-refractivity contribution < 1.29 is 0 Å². The molecule has 3 aromatic rings. The van der Waals surface area contributed by atoms with Crippen LogP contribution in [0.4, 0.5) is 5.69 Å². The number of hydrogen-bond donors (Lipinski definition) is 1. The van der Waals surface area contributed by atoms with Gasteiger partial charge in [0.15, 0.2) is 0 Å². The van der Waals surface area contributed by atoms with Gasteiger partial charge in [-0.2, -0.15) is 10.4 Å². The average molecular weight is 275 g/mol. The zero-order valence-electron chi connectivity index (χ0n) is 11.3. The van der Waals surface area contributed by atoms with Crippen LogP contribution in [0.1, 0.15) is 11.3 Å². The second kappa shape index (κ2) is 5.88. The van der Waals surface area contributed by atoms with Gasteiger partial charge >= 0.3 is 0 Å². The molecule has 102 valence electrons. The van der Waals surface area contributed by atoms with E-state index in [1.807, 2.05) is 47.3 Å². The van der Waals surface area contributed by atoms with Crippen LogP contribution in [0.2, 0.25) is 0 Å². The molecule has 0 saturated heterocycles. The van der Waals surface area contributed by atoms with Crippen molar-refractivity contribution in [2.24, 2.45) is 0 Å². The van der Waals surface area contributed by atoms with E-state index in [2.05, 4.69) is 21.5 Å². The van der Waals surface area contributed by atoms with Gasteiger partial charge in [-0.3, -0.25) is 0 Å². The molecule has 0 unspecified atom stereocenters. The van der Waals surface area contributed by atoms with Crippen molar-refractivity contribution in [2.45, 2.75) is 6.54 Å². The Morgan fingerprint density at radius 1 is 1.14 bits per heavy atom. The number of nitrogens with one attached hydrogen (secondary N) is 1. The first-order valence-corrected chi connectivity index (χ1v) is 6.55. The number of nitrogens with zero attached hydrogens (tertiary/aromatic N) is 4. The van der Waals surface area contributed by atoms with Gasteiger partial charge in [-0.1, -0.05) is 18.2 Å². The largest absolute Gasteiger partial charge is 0.381 e. The molecule has 0 saturated carbocycles. The lowest BCUT2D eigenvalue weighted by Crippen LogP contribution is -2.05. The van der Waals surface area contributed by atoms with Crippen LogP contribution in [-0.4, -0.2) is 14.8 Å². The van der Waals surface area contributed by atoms with Gasteiger partial charge in [0.25, 0.3) is 0 Å². The minimum Gasteiger partial charge on any atom is -0.381 e. The second-order valence-corrected chi connectivity index (χ2v) is 4.47. The van der Waals surface area contributed by atoms with E-state index in [0.717, 1.165) is 16.9 Å². The summed E-state index contributed by atoms with van der Waals surface area (Å²) in [6, 6.07) is 15.6. The first kappa shape index (κ1) is 12.9. The fraction of sp³-hybridized carbons (Fsp3) is 0.0625. The average Bonchev–Trinajstić information content (AvgIpc) is 3.08. The maximum absolute atomic E-state index is 8.86. The summed E-state index contributed by atoms with van der Waals surface area (Å²) in [5.74, 6) is 0. The Kier molecular flexibility index (Phi) is 3.61. The van der Waals surface area contributed by atoms with Gasteiger partial charge in [0.1, 0.15) is 11.8 Å². The summed E-state index contributed by atoms with van der Waals surface area (Å²) >= 11 is 0. The van der Waals surface area contributed by atoms with Crippen molar-refractivity contribution in [2.75, 3.05) is 5.32 Å². The van der Waals surface area contributed by atoms with Crippen molar-refractivity contribution >= 4 is 5.69 Å². The maximum Gasteiger partial charge on any atom is 0.142 e. The van der Waals surface area contributed by atoms with Crippen LogP contribution in [0, 0.1) is 11.3 Å². The molecule has 3 rings (SSSR count). The quantitative estimate of drug-likeness (QED) is 0.795. The van der Waals surface area contributed by atoms with E-state index in [-0.39, 0.29) is 0 Å². The topological polar surface area (TPSA) is 66.5 Å². The van der Waals surface area contributed by atoms with Crippen molar-refractivity contribution in [1.82, 2.24) is 14.8 Å². The van der Waals surface area contributed by atoms with Crippen LogP contribution >= 0.6 is 0 Å². The predicted molar refractivity (Wildman–Crippen MR) is 79.8 cm³/mol. The lowest BCUT2D eigenvalue weighted by molar-refractivity contribution is 0.864. The highest BCUT2D eigenvalue weighted by molar-refractivity contribution is 5.48. The number of benzene rings is 1. The number of pyridine rings is 1. The molecule has 0 spiro atoms. The van der Waals surface area contributed by atoms with Crippen LogP contribution in [0.3, 0.4) is 0 Å². The number of para-hydroxylation sites is 1. The molecular formula is C16H13N5. The van der Waals surface area contributed by atoms with Gasteiger partial charge in [-0.15, -0.1) is 0 Å². The second-order valence-electron chi connectivity index (χ2n) is 4.47. The van der Waals surface area contributed by atoms with Crippen molar-refractivity contribution in [3.63, 3.8) is 0 Å². The van der Waals surface area contributed by atoms with Gasteiger partial charge in [0.2, 0.25) is 0 Å². The standard InChI is InChI=1S/C16H13N5/c17-11-15-10-14(6-8-18-15)19-12-13-4-1-2-5-16(13)21-9-3-7-20-21/h1-10H,12H2,(H,18,19). The molecule has 5 heteroatoms. The van der Waals surface area contributed by atoms with Gasteiger partial charge in [-0.05, 0) is 29.8 Å². The number of aromatic nitrogens is 3. The van der Waals surface area contributed by atoms with Gasteiger partial charge in [-0.25, -0.2) is 9.67 Å². The van der Waals surface area contributed by atoms with E-state index in [0.29, 0.717) is 12.2 Å². The highest BCUT2D eigenvalue weighted by Gasteiger charge is 2.04. The zero-order valence-corrected chi connectivity index (χ0v) is 11.3. The molecule has 0 radical (unpaired) electrons. The van der Waals surface area contributed by atoms with Gasteiger partial charge in [0.05, 0.1) is 5.69 Å². The summed E-state index contributed by atoms with van der Waals surface area (Å²) in [6.07, 6.45) is 5.30. The van der Waals surface area contributed by atoms with E-state index in [1.165, 1.54) is 0 Å². The lowest BCUT2D eigenvalue weighted by atomic mass is 10.1. The van der Waals surface area contributed by atoms with Crippen LogP contribution in [0.15, 0.2) is 61.1 Å². The van der Waals surface area contributed by atoms with E-state index < -0.39 is 0 Å². The number of anilines is 1. The summed E-state index contributed by atoms with van der Waals surface area (Å²) in [4.78, 5) is 3.96. The summed E-state index contributed by atoms with van der Waals surface area (Å²) < 4.78 is 1.84. The van der Waals surface area contributed by atoms with Crippen LogP contribution in [0.5, 0.6) is 0 Å². The SMILES string of the molecule is N#Cc1cc(NCc2ccccc2-n2cccn2)ccn1. The van der Waals surface area contributed by atoms with E-state index in [1.54, 1.807) is 18.5 Å². The Bertz CT molecular complexity index is 771. The molecule has 1 N–H and O–H groups in total. The molecule has 0 aliphatic carbocycles. The lowest BCUT2D eigenvalue weighted by Gasteiger charge is -2.11. The van der Waals surface area contributed by atoms with E-state index >= 15 is 0 Å². The molecular weight excluding hydrogens is 262 g/mol. The Labute approximate surface area is 122 Å². The minimum atomic E-state index is 0.403. The fourth-order valence-electron chi connectivity index (χ4n) is 2.09. The highest BCUT2D eigenvalue weighted by Crippen LogP contribution is 2.16. The normalized spacial score (nSPS) is 10.0. The summed E-state index contributed by atoms with van der Waals surface area (Å²) in [7, 11) is 0. The molecule has 0 amide bonds. The summed E-state index contributed by atoms with van der Waals surface area (Å²) in [5.41, 5.74) is 3.43. The van der Waals surface area contributed by atoms with Gasteiger partial charge < -0.3 is 5.32 Å². The molecule has 0 fully saturated rings. The van der Waals surface area contributed by atoms with Crippen LogP contribution in [0.25, 0.3) is 5.69 Å². The molecule has 0 bridgehead atoms. The maximum atomic E-state index is 8.86. The third-order valence-corrected chi connectivity index (χ3v) is 3.10. The summed E-state index contributed by atoms with van der Waals surface area (Å²) in [6.45, 7) is 0.644. The molecule has 0 atom stereocenters. The number of rotatable bonds is 4. The first-order chi connectivity index (χ1) is 10.4. The summed E-state index contributed by atoms with van der Waals surface area (Å²) in [5, 5.41) is 16.4. The Balaban J connectivity index is 1.81. The Morgan fingerprint density at radius 3 is 2.86 bits per heavy atom. The highest BCUT2D eigenvalue weighted by atomic mass is 15.3. The van der Waals surface area contributed by atoms with E-state index in [4.69, 9.17) is 5.26 Å². The Morgan fingerprint density at radius 2 is 2.05 bits per heavy atom. The molecule has 0 aliphatic heterocycles. The monoisotopic (exact) mass is 275 g/mol. The molecule has 21 heavy (non-hydrogen) atoms. The smallest absolute Gasteiger partial charge is 0.142 e. The molecule has 2 aromatic heterocycles. The minimum absolute atomic E-state index is 0.403. The number of hydrogen-bond acceptors (Lipinski definition) is 4. The van der Waals surface area contributed by atoms with Crippen LogP contribution in [-0.2, 0) is 6.54 Å². The van der Waals surface area contributed by atoms with Crippen molar-refractivity contribution in [3.8, 4) is 11.8 Å². The zero-order chi connectivity index (χ0) is 14.5. The van der Waals surface area contributed by atoms with Gasteiger partial charge in [0, 0.05) is 30.8 Å². The van der Waals surface area contributed by atoms with E-state index in [9.17, 15) is 0 Å². The molecule has 2 heterocycles. The third-order valence-electron chi connectivity index (χ3n) is 3.10.